The fourth-order valence-corrected chi connectivity index (χ4v) is 3.50. The number of amides is 2. The van der Waals surface area contributed by atoms with Crippen molar-refractivity contribution in [2.24, 2.45) is 0 Å². The molecule has 0 heterocycles. The van der Waals surface area contributed by atoms with Crippen molar-refractivity contribution >= 4 is 23.6 Å². The summed E-state index contributed by atoms with van der Waals surface area (Å²) in [5.41, 5.74) is 1.83. The van der Waals surface area contributed by atoms with Crippen LogP contribution in [0.25, 0.3) is 0 Å². The summed E-state index contributed by atoms with van der Waals surface area (Å²) in [6, 6.07) is 17.3. The van der Waals surface area contributed by atoms with Crippen LogP contribution < -0.4 is 5.32 Å². The van der Waals surface area contributed by atoms with Crippen LogP contribution in [0, 0.1) is 6.92 Å². The van der Waals surface area contributed by atoms with Gasteiger partial charge in [0.2, 0.25) is 11.8 Å². The van der Waals surface area contributed by atoms with Crippen LogP contribution in [-0.2, 0) is 16.1 Å². The van der Waals surface area contributed by atoms with E-state index in [4.69, 9.17) is 0 Å². The fourth-order valence-electron chi connectivity index (χ4n) is 2.69. The highest BCUT2D eigenvalue weighted by Crippen LogP contribution is 2.19. The zero-order valence-electron chi connectivity index (χ0n) is 17.4. The standard InChI is InChI=1S/C23H30N2O2S/c1-17-11-13-19(14-12-17)15-25(18(2)22(27)24-23(3,4)5)21(26)16-28-20-9-7-6-8-10-20/h6-14,18H,15-16H2,1-5H3,(H,24,27)/t18-/m0/s1. The third-order valence-corrected chi connectivity index (χ3v) is 5.24. The van der Waals surface area contributed by atoms with Gasteiger partial charge < -0.3 is 10.2 Å². The van der Waals surface area contributed by atoms with Gasteiger partial charge in [-0.05, 0) is 52.3 Å². The zero-order chi connectivity index (χ0) is 20.7. The summed E-state index contributed by atoms with van der Waals surface area (Å²) in [7, 11) is 0. The first-order valence-corrected chi connectivity index (χ1v) is 10.5. The number of aryl methyl sites for hydroxylation is 1. The number of carbonyl (C=O) groups is 2. The molecule has 0 fully saturated rings. The second kappa shape index (κ2) is 9.78. The first-order chi connectivity index (χ1) is 13.2. The minimum absolute atomic E-state index is 0.0500. The lowest BCUT2D eigenvalue weighted by atomic mass is 10.1. The van der Waals surface area contributed by atoms with E-state index in [0.29, 0.717) is 12.3 Å². The van der Waals surface area contributed by atoms with Gasteiger partial charge in [-0.2, -0.15) is 0 Å². The van der Waals surface area contributed by atoms with Gasteiger partial charge in [0, 0.05) is 17.0 Å². The molecule has 0 aliphatic carbocycles. The monoisotopic (exact) mass is 398 g/mol. The predicted octanol–water partition coefficient (Wildman–Crippen LogP) is 4.42. The molecule has 0 spiro atoms. The van der Waals surface area contributed by atoms with Crippen molar-refractivity contribution < 1.29 is 9.59 Å². The number of nitrogens with zero attached hydrogens (tertiary/aromatic N) is 1. The van der Waals surface area contributed by atoms with Crippen molar-refractivity contribution in [3.63, 3.8) is 0 Å². The van der Waals surface area contributed by atoms with Gasteiger partial charge in [0.05, 0.1) is 5.75 Å². The molecule has 4 nitrogen and oxygen atoms in total. The Morgan fingerprint density at radius 1 is 1.04 bits per heavy atom. The van der Waals surface area contributed by atoms with Crippen molar-refractivity contribution in [2.75, 3.05) is 5.75 Å². The Hall–Kier alpha value is -2.27. The van der Waals surface area contributed by atoms with Gasteiger partial charge >= 0.3 is 0 Å². The lowest BCUT2D eigenvalue weighted by molar-refractivity contribution is -0.139. The minimum Gasteiger partial charge on any atom is -0.350 e. The molecule has 1 atom stereocenters. The molecule has 0 saturated carbocycles. The summed E-state index contributed by atoms with van der Waals surface area (Å²) in [6.45, 7) is 10.1. The van der Waals surface area contributed by atoms with Crippen molar-refractivity contribution in [2.45, 2.75) is 57.6 Å². The minimum atomic E-state index is -0.551. The highest BCUT2D eigenvalue weighted by molar-refractivity contribution is 8.00. The molecule has 150 valence electrons. The van der Waals surface area contributed by atoms with Crippen molar-refractivity contribution in [1.82, 2.24) is 10.2 Å². The predicted molar refractivity (Wildman–Crippen MR) is 116 cm³/mol. The van der Waals surface area contributed by atoms with Crippen LogP contribution in [0.1, 0.15) is 38.8 Å². The molecular weight excluding hydrogens is 368 g/mol. The third-order valence-electron chi connectivity index (χ3n) is 4.24. The third kappa shape index (κ3) is 7.04. The molecule has 0 saturated heterocycles. The van der Waals surface area contributed by atoms with E-state index < -0.39 is 6.04 Å². The van der Waals surface area contributed by atoms with E-state index in [-0.39, 0.29) is 17.4 Å². The molecule has 2 aromatic carbocycles. The van der Waals surface area contributed by atoms with Gasteiger partial charge in [-0.1, -0.05) is 48.0 Å². The normalized spacial score (nSPS) is 12.3. The smallest absolute Gasteiger partial charge is 0.242 e. The first-order valence-electron chi connectivity index (χ1n) is 9.50. The number of hydrogen-bond donors (Lipinski definition) is 1. The largest absolute Gasteiger partial charge is 0.350 e. The number of hydrogen-bond acceptors (Lipinski definition) is 3. The summed E-state index contributed by atoms with van der Waals surface area (Å²) in [5.74, 6) is 0.104. The molecule has 0 unspecified atom stereocenters. The highest BCUT2D eigenvalue weighted by atomic mass is 32.2. The lowest BCUT2D eigenvalue weighted by Crippen LogP contribution is -2.52. The lowest BCUT2D eigenvalue weighted by Gasteiger charge is -2.31. The molecule has 5 heteroatoms. The Bertz CT molecular complexity index is 782. The summed E-state index contributed by atoms with van der Waals surface area (Å²) in [4.78, 5) is 28.4. The number of nitrogens with one attached hydrogen (secondary N) is 1. The number of thioether (sulfide) groups is 1. The quantitative estimate of drug-likeness (QED) is 0.703. The molecule has 2 amide bonds. The second-order valence-corrected chi connectivity index (χ2v) is 9.07. The van der Waals surface area contributed by atoms with E-state index in [1.54, 1.807) is 11.8 Å². The van der Waals surface area contributed by atoms with E-state index in [1.165, 1.54) is 17.3 Å². The Kier molecular flexibility index (Phi) is 7.69. The Morgan fingerprint density at radius 2 is 1.64 bits per heavy atom. The molecule has 0 aromatic heterocycles. The average Bonchev–Trinajstić information content (AvgIpc) is 2.64. The van der Waals surface area contributed by atoms with Crippen molar-refractivity contribution in [3.8, 4) is 0 Å². The highest BCUT2D eigenvalue weighted by Gasteiger charge is 2.28. The molecule has 0 aliphatic rings. The maximum atomic E-state index is 13.0. The van der Waals surface area contributed by atoms with Crippen LogP contribution in [0.2, 0.25) is 0 Å². The van der Waals surface area contributed by atoms with E-state index in [0.717, 1.165) is 10.5 Å². The molecule has 1 N–H and O–H groups in total. The molecule has 0 radical (unpaired) electrons. The van der Waals surface area contributed by atoms with Crippen LogP contribution in [0.5, 0.6) is 0 Å². The molecule has 28 heavy (non-hydrogen) atoms. The summed E-state index contributed by atoms with van der Waals surface area (Å²) < 4.78 is 0. The van der Waals surface area contributed by atoms with Gasteiger partial charge in [-0.3, -0.25) is 9.59 Å². The van der Waals surface area contributed by atoms with Crippen LogP contribution >= 0.6 is 11.8 Å². The second-order valence-electron chi connectivity index (χ2n) is 8.02. The Labute approximate surface area is 172 Å². The molecule has 2 aromatic rings. The van der Waals surface area contributed by atoms with Gasteiger partial charge in [0.25, 0.3) is 0 Å². The average molecular weight is 399 g/mol. The number of rotatable bonds is 7. The van der Waals surface area contributed by atoms with E-state index in [1.807, 2.05) is 82.3 Å². The Morgan fingerprint density at radius 3 is 2.21 bits per heavy atom. The maximum Gasteiger partial charge on any atom is 0.242 e. The van der Waals surface area contributed by atoms with Gasteiger partial charge in [0.1, 0.15) is 6.04 Å². The van der Waals surface area contributed by atoms with Crippen molar-refractivity contribution in [1.29, 1.82) is 0 Å². The SMILES string of the molecule is Cc1ccc(CN(C(=O)CSc2ccccc2)[C@@H](C)C(=O)NC(C)(C)C)cc1. The van der Waals surface area contributed by atoms with Gasteiger partial charge in [-0.15, -0.1) is 11.8 Å². The number of carbonyl (C=O) groups excluding carboxylic acids is 2. The van der Waals surface area contributed by atoms with E-state index >= 15 is 0 Å². The van der Waals surface area contributed by atoms with E-state index in [2.05, 4.69) is 5.32 Å². The van der Waals surface area contributed by atoms with Crippen LogP contribution in [0.3, 0.4) is 0 Å². The molecule has 0 aliphatic heterocycles. The number of benzene rings is 2. The zero-order valence-corrected chi connectivity index (χ0v) is 18.2. The summed E-state index contributed by atoms with van der Waals surface area (Å²) >= 11 is 1.49. The van der Waals surface area contributed by atoms with E-state index in [9.17, 15) is 9.59 Å². The Balaban J connectivity index is 2.15. The van der Waals surface area contributed by atoms with Crippen molar-refractivity contribution in [3.05, 3.63) is 65.7 Å². The van der Waals surface area contributed by atoms with Crippen LogP contribution in [0.4, 0.5) is 0 Å². The first kappa shape index (κ1) is 22.0. The van der Waals surface area contributed by atoms with Crippen LogP contribution in [-0.4, -0.2) is 34.0 Å². The topological polar surface area (TPSA) is 49.4 Å². The summed E-state index contributed by atoms with van der Waals surface area (Å²) in [5, 5.41) is 2.98. The molecule has 0 bridgehead atoms. The maximum absolute atomic E-state index is 13.0. The molecular formula is C23H30N2O2S. The molecule has 2 rings (SSSR count). The van der Waals surface area contributed by atoms with Gasteiger partial charge in [0.15, 0.2) is 0 Å². The fraction of sp³-hybridized carbons (Fsp3) is 0.391. The van der Waals surface area contributed by atoms with Gasteiger partial charge in [-0.25, -0.2) is 0 Å². The summed E-state index contributed by atoms with van der Waals surface area (Å²) in [6.07, 6.45) is 0. The van der Waals surface area contributed by atoms with Crippen LogP contribution in [0.15, 0.2) is 59.5 Å².